The van der Waals surface area contributed by atoms with Crippen LogP contribution in [0.25, 0.3) is 0 Å². The molecule has 0 bridgehead atoms. The second-order valence-electron chi connectivity index (χ2n) is 6.82. The topological polar surface area (TPSA) is 75.4 Å². The van der Waals surface area contributed by atoms with Gasteiger partial charge in [-0.1, -0.05) is 41.9 Å². The Bertz CT molecular complexity index is 804. The summed E-state index contributed by atoms with van der Waals surface area (Å²) in [6.07, 6.45) is 3.38. The average molecular weight is 386 g/mol. The molecule has 1 atom stereocenters. The van der Waals surface area contributed by atoms with Gasteiger partial charge in [-0.05, 0) is 43.0 Å². The number of benzene rings is 2. The first-order chi connectivity index (χ1) is 13.0. The first-order valence-corrected chi connectivity index (χ1v) is 9.61. The predicted octanol–water partition coefficient (Wildman–Crippen LogP) is 3.99. The van der Waals surface area contributed by atoms with Gasteiger partial charge in [-0.3, -0.25) is 9.59 Å². The van der Waals surface area contributed by atoms with Gasteiger partial charge in [-0.15, -0.1) is 0 Å². The summed E-state index contributed by atoms with van der Waals surface area (Å²) in [6.45, 7) is 1.54. The van der Waals surface area contributed by atoms with Crippen LogP contribution in [-0.4, -0.2) is 29.8 Å². The molecule has 1 fully saturated rings. The molecule has 0 spiro atoms. The largest absolute Gasteiger partial charge is 0.339 e. The summed E-state index contributed by atoms with van der Waals surface area (Å²) < 4.78 is 0. The summed E-state index contributed by atoms with van der Waals surface area (Å²) in [7, 11) is 0. The minimum absolute atomic E-state index is 0.0522. The SMILES string of the molecule is NC(CC(=O)Nc1ccc(C(=O)N2CCCCC2)c(Cl)c1)c1ccccc1. The lowest BCUT2D eigenvalue weighted by atomic mass is 10.0. The highest BCUT2D eigenvalue weighted by Gasteiger charge is 2.20. The molecule has 27 heavy (non-hydrogen) atoms. The van der Waals surface area contributed by atoms with E-state index in [0.717, 1.165) is 37.9 Å². The summed E-state index contributed by atoms with van der Waals surface area (Å²) in [5.74, 6) is -0.249. The number of nitrogens with one attached hydrogen (secondary N) is 1. The van der Waals surface area contributed by atoms with Crippen molar-refractivity contribution in [1.29, 1.82) is 0 Å². The van der Waals surface area contributed by atoms with Crippen LogP contribution in [0.15, 0.2) is 48.5 Å². The van der Waals surface area contributed by atoms with E-state index in [-0.39, 0.29) is 24.3 Å². The molecule has 2 aromatic carbocycles. The molecule has 0 radical (unpaired) electrons. The summed E-state index contributed by atoms with van der Waals surface area (Å²) in [5.41, 5.74) is 8.03. The van der Waals surface area contributed by atoms with E-state index in [1.807, 2.05) is 35.2 Å². The number of nitrogens with two attached hydrogens (primary N) is 1. The number of rotatable bonds is 5. The second-order valence-corrected chi connectivity index (χ2v) is 7.22. The third kappa shape index (κ3) is 5.08. The van der Waals surface area contributed by atoms with E-state index in [1.54, 1.807) is 18.2 Å². The van der Waals surface area contributed by atoms with Crippen molar-refractivity contribution in [3.8, 4) is 0 Å². The minimum atomic E-state index is -0.373. The Labute approximate surface area is 164 Å². The third-order valence-corrected chi connectivity index (χ3v) is 5.07. The number of hydrogen-bond donors (Lipinski definition) is 2. The Kier molecular flexibility index (Phi) is 6.48. The zero-order chi connectivity index (χ0) is 19.2. The Morgan fingerprint density at radius 3 is 2.44 bits per heavy atom. The Morgan fingerprint density at radius 2 is 1.78 bits per heavy atom. The van der Waals surface area contributed by atoms with Gasteiger partial charge in [0.2, 0.25) is 5.91 Å². The second kappa shape index (κ2) is 9.02. The molecule has 1 heterocycles. The van der Waals surface area contributed by atoms with Crippen molar-refractivity contribution in [3.05, 3.63) is 64.7 Å². The monoisotopic (exact) mass is 385 g/mol. The summed E-state index contributed by atoms with van der Waals surface area (Å²) in [4.78, 5) is 26.7. The summed E-state index contributed by atoms with van der Waals surface area (Å²) >= 11 is 6.31. The number of carbonyl (C=O) groups excluding carboxylic acids is 2. The fourth-order valence-corrected chi connectivity index (χ4v) is 3.52. The standard InChI is InChI=1S/C21H24ClN3O2/c22-18-13-16(9-10-17(18)21(27)25-11-5-2-6-12-25)24-20(26)14-19(23)15-7-3-1-4-8-15/h1,3-4,7-10,13,19H,2,5-6,11-12,14,23H2,(H,24,26). The molecule has 3 N–H and O–H groups in total. The van der Waals surface area contributed by atoms with E-state index in [0.29, 0.717) is 16.3 Å². The molecular formula is C21H24ClN3O2. The van der Waals surface area contributed by atoms with Gasteiger partial charge in [0.15, 0.2) is 0 Å². The highest BCUT2D eigenvalue weighted by Crippen LogP contribution is 2.24. The van der Waals surface area contributed by atoms with Gasteiger partial charge < -0.3 is 16.0 Å². The van der Waals surface area contributed by atoms with Crippen LogP contribution >= 0.6 is 11.6 Å². The Hall–Kier alpha value is -2.37. The molecular weight excluding hydrogens is 362 g/mol. The fourth-order valence-electron chi connectivity index (χ4n) is 3.26. The summed E-state index contributed by atoms with van der Waals surface area (Å²) in [6, 6.07) is 14.1. The van der Waals surface area contributed by atoms with Crippen molar-refractivity contribution >= 4 is 29.1 Å². The molecule has 3 rings (SSSR count). The molecule has 1 aliphatic heterocycles. The van der Waals surface area contributed by atoms with Crippen molar-refractivity contribution in [2.24, 2.45) is 5.73 Å². The van der Waals surface area contributed by atoms with Gasteiger partial charge in [0.05, 0.1) is 10.6 Å². The zero-order valence-electron chi connectivity index (χ0n) is 15.2. The highest BCUT2D eigenvalue weighted by molar-refractivity contribution is 6.34. The molecule has 1 unspecified atom stereocenters. The van der Waals surface area contributed by atoms with Crippen molar-refractivity contribution in [1.82, 2.24) is 4.90 Å². The van der Waals surface area contributed by atoms with Crippen LogP contribution in [0.5, 0.6) is 0 Å². The lowest BCUT2D eigenvalue weighted by Crippen LogP contribution is -2.35. The molecule has 6 heteroatoms. The molecule has 142 valence electrons. The highest BCUT2D eigenvalue weighted by atomic mass is 35.5. The smallest absolute Gasteiger partial charge is 0.255 e. The van der Waals surface area contributed by atoms with Crippen molar-refractivity contribution in [2.75, 3.05) is 18.4 Å². The van der Waals surface area contributed by atoms with E-state index in [9.17, 15) is 9.59 Å². The normalized spacial score (nSPS) is 15.3. The van der Waals surface area contributed by atoms with Gasteiger partial charge in [0, 0.05) is 31.2 Å². The minimum Gasteiger partial charge on any atom is -0.339 e. The number of anilines is 1. The Morgan fingerprint density at radius 1 is 1.07 bits per heavy atom. The lowest BCUT2D eigenvalue weighted by Gasteiger charge is -2.27. The molecule has 2 aromatic rings. The van der Waals surface area contributed by atoms with Crippen LogP contribution in [0.3, 0.4) is 0 Å². The maximum Gasteiger partial charge on any atom is 0.255 e. The first-order valence-electron chi connectivity index (χ1n) is 9.24. The molecule has 0 aliphatic carbocycles. The number of halogens is 1. The number of nitrogens with zero attached hydrogens (tertiary/aromatic N) is 1. The number of amides is 2. The van der Waals surface area contributed by atoms with Gasteiger partial charge in [0.1, 0.15) is 0 Å². The van der Waals surface area contributed by atoms with E-state index in [1.165, 1.54) is 0 Å². The van der Waals surface area contributed by atoms with Gasteiger partial charge >= 0.3 is 0 Å². The predicted molar refractivity (Wildman–Crippen MR) is 108 cm³/mol. The number of hydrogen-bond acceptors (Lipinski definition) is 3. The van der Waals surface area contributed by atoms with Crippen LogP contribution in [0, 0.1) is 0 Å². The Balaban J connectivity index is 1.61. The molecule has 2 amide bonds. The quantitative estimate of drug-likeness (QED) is 0.816. The van der Waals surface area contributed by atoms with Crippen molar-refractivity contribution in [3.63, 3.8) is 0 Å². The molecule has 0 aromatic heterocycles. The summed E-state index contributed by atoms with van der Waals surface area (Å²) in [5, 5.41) is 3.14. The van der Waals surface area contributed by atoms with Gasteiger partial charge in [-0.2, -0.15) is 0 Å². The number of likely N-dealkylation sites (tertiary alicyclic amines) is 1. The van der Waals surface area contributed by atoms with Crippen molar-refractivity contribution < 1.29 is 9.59 Å². The van der Waals surface area contributed by atoms with Crippen molar-refractivity contribution in [2.45, 2.75) is 31.7 Å². The fraction of sp³-hybridized carbons (Fsp3) is 0.333. The molecule has 0 saturated carbocycles. The van der Waals surface area contributed by atoms with E-state index < -0.39 is 0 Å². The van der Waals surface area contributed by atoms with E-state index in [4.69, 9.17) is 17.3 Å². The van der Waals surface area contributed by atoms with E-state index >= 15 is 0 Å². The maximum absolute atomic E-state index is 12.6. The van der Waals surface area contributed by atoms with Crippen LogP contribution < -0.4 is 11.1 Å². The van der Waals surface area contributed by atoms with E-state index in [2.05, 4.69) is 5.32 Å². The van der Waals surface area contributed by atoms with Gasteiger partial charge in [-0.25, -0.2) is 0 Å². The van der Waals surface area contributed by atoms with Crippen LogP contribution in [0.2, 0.25) is 5.02 Å². The maximum atomic E-state index is 12.6. The lowest BCUT2D eigenvalue weighted by molar-refractivity contribution is -0.116. The zero-order valence-corrected chi connectivity index (χ0v) is 15.9. The third-order valence-electron chi connectivity index (χ3n) is 4.76. The van der Waals surface area contributed by atoms with Crippen LogP contribution in [0.1, 0.15) is 47.6 Å². The molecule has 1 saturated heterocycles. The average Bonchev–Trinajstić information content (AvgIpc) is 2.69. The van der Waals surface area contributed by atoms with Crippen LogP contribution in [0.4, 0.5) is 5.69 Å². The number of piperidine rings is 1. The van der Waals surface area contributed by atoms with Gasteiger partial charge in [0.25, 0.3) is 5.91 Å². The van der Waals surface area contributed by atoms with Crippen LogP contribution in [-0.2, 0) is 4.79 Å². The molecule has 1 aliphatic rings. The number of carbonyl (C=O) groups is 2. The molecule has 5 nitrogen and oxygen atoms in total. The first kappa shape index (κ1) is 19.4.